The van der Waals surface area contributed by atoms with Gasteiger partial charge in [-0.25, -0.2) is 4.98 Å². The molecule has 4 nitrogen and oxygen atoms in total. The molecule has 116 valence electrons. The number of benzene rings is 2. The second kappa shape index (κ2) is 5.88. The van der Waals surface area contributed by atoms with Gasteiger partial charge in [0.05, 0.1) is 11.0 Å². The fourth-order valence-corrected chi connectivity index (χ4v) is 3.30. The van der Waals surface area contributed by atoms with E-state index in [0.717, 1.165) is 35.2 Å². The van der Waals surface area contributed by atoms with Gasteiger partial charge in [-0.3, -0.25) is 9.36 Å². The predicted octanol–water partition coefficient (Wildman–Crippen LogP) is 4.15. The third-order valence-electron chi connectivity index (χ3n) is 4.59. The summed E-state index contributed by atoms with van der Waals surface area (Å²) in [5.74, 6) is 0.343. The lowest BCUT2D eigenvalue weighted by Crippen LogP contribution is -2.20. The van der Waals surface area contributed by atoms with Crippen LogP contribution >= 0.6 is 0 Å². The number of imidazole rings is 1. The lowest BCUT2D eigenvalue weighted by molar-refractivity contribution is -0.119. The van der Waals surface area contributed by atoms with Gasteiger partial charge in [-0.1, -0.05) is 25.0 Å². The number of carbonyl (C=O) groups excluding carboxylic acids is 1. The van der Waals surface area contributed by atoms with Crippen LogP contribution in [0.2, 0.25) is 0 Å². The van der Waals surface area contributed by atoms with Crippen LogP contribution in [0.3, 0.4) is 0 Å². The van der Waals surface area contributed by atoms with E-state index in [9.17, 15) is 4.79 Å². The van der Waals surface area contributed by atoms with E-state index in [2.05, 4.69) is 20.9 Å². The average Bonchev–Trinajstić information content (AvgIpc) is 3.25. The van der Waals surface area contributed by atoms with E-state index in [1.165, 1.54) is 12.8 Å². The smallest absolute Gasteiger partial charge is 0.227 e. The lowest BCUT2D eigenvalue weighted by Gasteiger charge is -2.11. The molecule has 0 atom stereocenters. The Bertz CT molecular complexity index is 829. The van der Waals surface area contributed by atoms with Crippen molar-refractivity contribution in [1.29, 1.82) is 0 Å². The highest BCUT2D eigenvalue weighted by Crippen LogP contribution is 2.26. The topological polar surface area (TPSA) is 46.9 Å². The van der Waals surface area contributed by atoms with Gasteiger partial charge in [0.1, 0.15) is 6.33 Å². The van der Waals surface area contributed by atoms with Crippen molar-refractivity contribution in [1.82, 2.24) is 9.55 Å². The minimum absolute atomic E-state index is 0.156. The number of anilines is 1. The Balaban J connectivity index is 1.55. The number of para-hydroxylation sites is 2. The molecule has 1 heterocycles. The molecular weight excluding hydrogens is 286 g/mol. The number of hydrogen-bond donors (Lipinski definition) is 1. The molecule has 1 aliphatic rings. The molecule has 23 heavy (non-hydrogen) atoms. The average molecular weight is 305 g/mol. The Morgan fingerprint density at radius 1 is 1.04 bits per heavy atom. The van der Waals surface area contributed by atoms with Crippen LogP contribution in [-0.4, -0.2) is 15.5 Å². The Labute approximate surface area is 135 Å². The molecule has 3 aromatic rings. The number of carbonyl (C=O) groups is 1. The Morgan fingerprint density at radius 2 is 1.78 bits per heavy atom. The van der Waals surface area contributed by atoms with Gasteiger partial charge in [0.15, 0.2) is 0 Å². The molecular formula is C19H19N3O. The van der Waals surface area contributed by atoms with Gasteiger partial charge >= 0.3 is 0 Å². The Hall–Kier alpha value is -2.62. The fourth-order valence-electron chi connectivity index (χ4n) is 3.30. The van der Waals surface area contributed by atoms with E-state index in [1.807, 2.05) is 48.8 Å². The highest BCUT2D eigenvalue weighted by Gasteiger charge is 2.22. The molecule has 0 spiro atoms. The van der Waals surface area contributed by atoms with Gasteiger partial charge in [0.25, 0.3) is 0 Å². The molecule has 0 unspecified atom stereocenters. The monoisotopic (exact) mass is 305 g/mol. The highest BCUT2D eigenvalue weighted by atomic mass is 16.1. The summed E-state index contributed by atoms with van der Waals surface area (Å²) in [5.41, 5.74) is 3.95. The zero-order chi connectivity index (χ0) is 15.6. The van der Waals surface area contributed by atoms with Gasteiger partial charge in [-0.15, -0.1) is 0 Å². The zero-order valence-electron chi connectivity index (χ0n) is 12.9. The molecule has 0 radical (unpaired) electrons. The van der Waals surface area contributed by atoms with Crippen molar-refractivity contribution in [2.24, 2.45) is 5.92 Å². The van der Waals surface area contributed by atoms with Gasteiger partial charge < -0.3 is 5.32 Å². The normalized spacial score (nSPS) is 15.1. The summed E-state index contributed by atoms with van der Waals surface area (Å²) in [6.45, 7) is 0. The Morgan fingerprint density at radius 3 is 2.57 bits per heavy atom. The number of rotatable bonds is 3. The van der Waals surface area contributed by atoms with Crippen molar-refractivity contribution in [2.45, 2.75) is 25.7 Å². The van der Waals surface area contributed by atoms with Gasteiger partial charge in [0, 0.05) is 17.3 Å². The third-order valence-corrected chi connectivity index (χ3v) is 4.59. The van der Waals surface area contributed by atoms with Crippen molar-refractivity contribution < 1.29 is 4.79 Å². The molecule has 4 rings (SSSR count). The fraction of sp³-hybridized carbons (Fsp3) is 0.263. The van der Waals surface area contributed by atoms with Crippen molar-refractivity contribution in [2.75, 3.05) is 5.32 Å². The first-order valence-electron chi connectivity index (χ1n) is 8.15. The number of aromatic nitrogens is 2. The minimum Gasteiger partial charge on any atom is -0.326 e. The molecule has 0 aliphatic heterocycles. The van der Waals surface area contributed by atoms with Gasteiger partial charge in [-0.05, 0) is 49.2 Å². The summed E-state index contributed by atoms with van der Waals surface area (Å²) in [4.78, 5) is 16.6. The quantitative estimate of drug-likeness (QED) is 0.790. The summed E-state index contributed by atoms with van der Waals surface area (Å²) in [5, 5.41) is 3.03. The highest BCUT2D eigenvalue weighted by molar-refractivity contribution is 5.92. The molecule has 1 aromatic heterocycles. The Kier molecular flexibility index (Phi) is 3.58. The van der Waals surface area contributed by atoms with E-state index < -0.39 is 0 Å². The van der Waals surface area contributed by atoms with Crippen LogP contribution < -0.4 is 5.32 Å². The standard InChI is InChI=1S/C19H19N3O/c23-19(14-5-1-2-6-14)21-15-9-11-16(12-10-15)22-13-20-17-7-3-4-8-18(17)22/h3-4,7-14H,1-2,5-6H2,(H,21,23). The van der Waals surface area contributed by atoms with Crippen LogP contribution in [0, 0.1) is 5.92 Å². The SMILES string of the molecule is O=C(Nc1ccc(-n2cnc3ccccc32)cc1)C1CCCC1. The first-order valence-corrected chi connectivity index (χ1v) is 8.15. The maximum atomic E-state index is 12.2. The minimum atomic E-state index is 0.156. The van der Waals surface area contributed by atoms with Gasteiger partial charge in [0.2, 0.25) is 5.91 Å². The van der Waals surface area contributed by atoms with Crippen LogP contribution in [0.5, 0.6) is 0 Å². The molecule has 1 saturated carbocycles. The second-order valence-electron chi connectivity index (χ2n) is 6.12. The maximum Gasteiger partial charge on any atom is 0.227 e. The second-order valence-corrected chi connectivity index (χ2v) is 6.12. The van der Waals surface area contributed by atoms with E-state index in [-0.39, 0.29) is 11.8 Å². The number of fused-ring (bicyclic) bond motifs is 1. The molecule has 1 amide bonds. The van der Waals surface area contributed by atoms with Crippen LogP contribution in [-0.2, 0) is 4.79 Å². The molecule has 1 fully saturated rings. The molecule has 4 heteroatoms. The maximum absolute atomic E-state index is 12.2. The van der Waals surface area contributed by atoms with E-state index in [0.29, 0.717) is 0 Å². The lowest BCUT2D eigenvalue weighted by atomic mass is 10.1. The van der Waals surface area contributed by atoms with E-state index >= 15 is 0 Å². The molecule has 1 aliphatic carbocycles. The molecule has 2 aromatic carbocycles. The van der Waals surface area contributed by atoms with Gasteiger partial charge in [-0.2, -0.15) is 0 Å². The zero-order valence-corrected chi connectivity index (χ0v) is 12.9. The summed E-state index contributed by atoms with van der Waals surface area (Å²) in [7, 11) is 0. The van der Waals surface area contributed by atoms with Crippen LogP contribution in [0.4, 0.5) is 5.69 Å². The number of nitrogens with zero attached hydrogens (tertiary/aromatic N) is 2. The van der Waals surface area contributed by atoms with Crippen molar-refractivity contribution >= 4 is 22.6 Å². The van der Waals surface area contributed by atoms with E-state index in [4.69, 9.17) is 0 Å². The third kappa shape index (κ3) is 2.72. The summed E-state index contributed by atoms with van der Waals surface area (Å²) < 4.78 is 2.05. The van der Waals surface area contributed by atoms with E-state index in [1.54, 1.807) is 0 Å². The van der Waals surface area contributed by atoms with Crippen LogP contribution in [0.1, 0.15) is 25.7 Å². The van der Waals surface area contributed by atoms with Crippen LogP contribution in [0.15, 0.2) is 54.9 Å². The number of nitrogens with one attached hydrogen (secondary N) is 1. The largest absolute Gasteiger partial charge is 0.326 e. The summed E-state index contributed by atoms with van der Waals surface area (Å²) >= 11 is 0. The predicted molar refractivity (Wildman–Crippen MR) is 91.7 cm³/mol. The first-order chi connectivity index (χ1) is 11.3. The molecule has 1 N–H and O–H groups in total. The first kappa shape index (κ1) is 14.0. The van der Waals surface area contributed by atoms with Crippen molar-refractivity contribution in [3.8, 4) is 5.69 Å². The molecule has 0 saturated heterocycles. The number of hydrogen-bond acceptors (Lipinski definition) is 2. The van der Waals surface area contributed by atoms with Crippen molar-refractivity contribution in [3.05, 3.63) is 54.9 Å². The summed E-state index contributed by atoms with van der Waals surface area (Å²) in [6.07, 6.45) is 6.21. The van der Waals surface area contributed by atoms with Crippen molar-refractivity contribution in [3.63, 3.8) is 0 Å². The van der Waals surface area contributed by atoms with Crippen LogP contribution in [0.25, 0.3) is 16.7 Å². The summed E-state index contributed by atoms with van der Waals surface area (Å²) in [6, 6.07) is 16.0. The molecule has 0 bridgehead atoms. The number of amides is 1.